The fourth-order valence-electron chi connectivity index (χ4n) is 12.1. The number of nitrogens with zero attached hydrogens (tertiary/aromatic N) is 3. The van der Waals surface area contributed by atoms with E-state index in [0.29, 0.717) is 49.7 Å². The molecule has 2 N–H and O–H groups in total. The van der Waals surface area contributed by atoms with Gasteiger partial charge in [-0.05, 0) is 133 Å². The summed E-state index contributed by atoms with van der Waals surface area (Å²) in [7, 11) is 0. The first kappa shape index (κ1) is 41.2. The number of aliphatic hydroxyl groups excluding tert-OH is 1. The van der Waals surface area contributed by atoms with Crippen LogP contribution in [0.15, 0.2) is 11.1 Å². The maximum Gasteiger partial charge on any atom is 0.271 e. The number of rotatable bonds is 13. The normalized spacial score (nSPS) is 35.4. The van der Waals surface area contributed by atoms with Gasteiger partial charge in [-0.2, -0.15) is 0 Å². The van der Waals surface area contributed by atoms with E-state index in [1.807, 2.05) is 0 Å². The standard InChI is InChI=1S/C44H70F2N4O5/c1-2-37(30-7-4-3-5-8-30)41(31-9-14-35(51)15-10-31)32-11-16-36(17-12-32)55-29-44(45,46)21-6-22-48-23-25-49(26-24-48)34-13-18-38-33(27-34)28-50(43(38)54)39-19-20-40(52)47-42(39)53/h30-36,38-39,51H,2-29H2,1H3,(H,47,52,53)/b41-37-. The summed E-state index contributed by atoms with van der Waals surface area (Å²) in [5.74, 6) is -1.30. The fraction of sp³-hybridized carbons (Fsp3) is 0.886. The molecule has 310 valence electrons. The number of halogens is 2. The summed E-state index contributed by atoms with van der Waals surface area (Å²) >= 11 is 0. The van der Waals surface area contributed by atoms with Gasteiger partial charge in [0.2, 0.25) is 17.7 Å². The minimum Gasteiger partial charge on any atom is -0.393 e. The number of ether oxygens (including phenoxy) is 1. The van der Waals surface area contributed by atoms with Crippen LogP contribution in [0.25, 0.3) is 0 Å². The van der Waals surface area contributed by atoms with Crippen molar-refractivity contribution in [1.82, 2.24) is 20.0 Å². The van der Waals surface area contributed by atoms with E-state index in [1.54, 1.807) is 16.0 Å². The van der Waals surface area contributed by atoms with Crippen LogP contribution in [0.3, 0.4) is 0 Å². The van der Waals surface area contributed by atoms with E-state index in [1.165, 1.54) is 32.1 Å². The average Bonchev–Trinajstić information content (AvgIpc) is 3.52. The highest BCUT2D eigenvalue weighted by atomic mass is 19.3. The van der Waals surface area contributed by atoms with Crippen molar-refractivity contribution in [2.45, 2.75) is 172 Å². The quantitative estimate of drug-likeness (QED) is 0.156. The molecule has 0 bridgehead atoms. The van der Waals surface area contributed by atoms with E-state index >= 15 is 8.78 Å². The van der Waals surface area contributed by atoms with Gasteiger partial charge in [0.15, 0.2) is 0 Å². The Hall–Kier alpha value is -1.95. The van der Waals surface area contributed by atoms with Gasteiger partial charge >= 0.3 is 0 Å². The first-order valence-electron chi connectivity index (χ1n) is 22.6. The molecule has 7 rings (SSSR count). The Morgan fingerprint density at radius 3 is 2.20 bits per heavy atom. The van der Waals surface area contributed by atoms with Gasteiger partial charge in [-0.15, -0.1) is 0 Å². The predicted molar refractivity (Wildman–Crippen MR) is 208 cm³/mol. The number of carbonyl (C=O) groups excluding carboxylic acids is 3. The SMILES string of the molecule is CC/C(=C(\C1CCC(O)CC1)C1CCC(OCC(F)(F)CCCN2CCN(C3CCC4C(=O)N(C5CCC(=O)NC5=O)CC4C3)CC2)CC1)C1CCCCC1. The van der Waals surface area contributed by atoms with Crippen LogP contribution in [-0.2, 0) is 19.1 Å². The number of amides is 3. The van der Waals surface area contributed by atoms with Crippen LogP contribution in [0, 0.1) is 29.6 Å². The fourth-order valence-corrected chi connectivity index (χ4v) is 12.1. The van der Waals surface area contributed by atoms with Crippen molar-refractivity contribution in [3.8, 4) is 0 Å². The Labute approximate surface area is 328 Å². The molecule has 4 aliphatic carbocycles. The van der Waals surface area contributed by atoms with E-state index in [4.69, 9.17) is 4.74 Å². The van der Waals surface area contributed by atoms with Gasteiger partial charge in [0.1, 0.15) is 12.6 Å². The van der Waals surface area contributed by atoms with Gasteiger partial charge in [-0.25, -0.2) is 8.78 Å². The van der Waals surface area contributed by atoms with Crippen LogP contribution in [0.2, 0.25) is 0 Å². The number of alkyl halides is 2. The maximum atomic E-state index is 15.2. The van der Waals surface area contributed by atoms with Crippen molar-refractivity contribution in [2.75, 3.05) is 45.9 Å². The van der Waals surface area contributed by atoms with Crippen LogP contribution in [-0.4, -0.2) is 114 Å². The molecule has 3 aliphatic heterocycles. The Balaban J connectivity index is 0.808. The summed E-state index contributed by atoms with van der Waals surface area (Å²) in [6, 6.07) is -0.120. The van der Waals surface area contributed by atoms with Crippen molar-refractivity contribution in [2.24, 2.45) is 29.6 Å². The van der Waals surface area contributed by atoms with Crippen LogP contribution in [0.4, 0.5) is 8.78 Å². The monoisotopic (exact) mass is 773 g/mol. The number of nitrogens with one attached hydrogen (secondary N) is 1. The summed E-state index contributed by atoms with van der Waals surface area (Å²) in [5, 5.41) is 12.7. The minimum absolute atomic E-state index is 0.0264. The molecule has 4 unspecified atom stereocenters. The number of hydrogen-bond acceptors (Lipinski definition) is 7. The molecule has 3 amide bonds. The first-order chi connectivity index (χ1) is 26.6. The molecule has 0 aromatic heterocycles. The highest BCUT2D eigenvalue weighted by molar-refractivity contribution is 6.02. The second-order valence-corrected chi connectivity index (χ2v) is 18.6. The maximum absolute atomic E-state index is 15.2. The third-order valence-corrected chi connectivity index (χ3v) is 15.1. The van der Waals surface area contributed by atoms with Crippen molar-refractivity contribution in [3.05, 3.63) is 11.1 Å². The van der Waals surface area contributed by atoms with Crippen molar-refractivity contribution in [3.63, 3.8) is 0 Å². The first-order valence-corrected chi connectivity index (χ1v) is 22.6. The molecule has 11 heteroatoms. The van der Waals surface area contributed by atoms with Crippen LogP contribution in [0.5, 0.6) is 0 Å². The van der Waals surface area contributed by atoms with Gasteiger partial charge < -0.3 is 19.6 Å². The molecule has 0 radical (unpaired) electrons. The molecule has 9 nitrogen and oxygen atoms in total. The number of imide groups is 1. The lowest BCUT2D eigenvalue weighted by Gasteiger charge is -2.42. The molecule has 4 atom stereocenters. The summed E-state index contributed by atoms with van der Waals surface area (Å²) in [6.45, 7) is 6.70. The highest BCUT2D eigenvalue weighted by Gasteiger charge is 2.49. The van der Waals surface area contributed by atoms with Gasteiger partial charge in [-0.3, -0.25) is 24.6 Å². The zero-order valence-corrected chi connectivity index (χ0v) is 33.7. The Morgan fingerprint density at radius 1 is 0.836 bits per heavy atom. The number of piperidine rings is 1. The van der Waals surface area contributed by atoms with Gasteiger partial charge in [0.25, 0.3) is 5.92 Å². The number of likely N-dealkylation sites (tertiary alicyclic amines) is 1. The number of carbonyl (C=O) groups is 3. The number of fused-ring (bicyclic) bond motifs is 1. The summed E-state index contributed by atoms with van der Waals surface area (Å²) in [5.41, 5.74) is 3.43. The number of piperazine rings is 1. The van der Waals surface area contributed by atoms with Crippen molar-refractivity contribution in [1.29, 1.82) is 0 Å². The van der Waals surface area contributed by atoms with Gasteiger partial charge in [-0.1, -0.05) is 37.3 Å². The zero-order valence-electron chi connectivity index (χ0n) is 33.7. The van der Waals surface area contributed by atoms with Crippen LogP contribution < -0.4 is 5.32 Å². The Morgan fingerprint density at radius 2 is 1.53 bits per heavy atom. The van der Waals surface area contributed by atoms with Crippen LogP contribution >= 0.6 is 0 Å². The smallest absolute Gasteiger partial charge is 0.271 e. The number of aliphatic hydroxyl groups is 1. The molecule has 55 heavy (non-hydrogen) atoms. The molecule has 4 saturated carbocycles. The molecule has 3 saturated heterocycles. The molecule has 0 aromatic rings. The van der Waals surface area contributed by atoms with Crippen molar-refractivity contribution < 1.29 is 33.0 Å². The molecular formula is C44H70F2N4O5. The summed E-state index contributed by atoms with van der Waals surface area (Å²) in [6.07, 6.45) is 19.1. The average molecular weight is 773 g/mol. The van der Waals surface area contributed by atoms with Gasteiger partial charge in [0.05, 0.1) is 12.2 Å². The van der Waals surface area contributed by atoms with Crippen molar-refractivity contribution >= 4 is 17.7 Å². The topological polar surface area (TPSA) is 102 Å². The largest absolute Gasteiger partial charge is 0.393 e. The van der Waals surface area contributed by atoms with E-state index in [0.717, 1.165) is 103 Å². The second kappa shape index (κ2) is 18.8. The van der Waals surface area contributed by atoms with E-state index in [2.05, 4.69) is 22.0 Å². The third kappa shape index (κ3) is 10.2. The number of allylic oxidation sites excluding steroid dienone is 2. The molecule has 0 aromatic carbocycles. The second-order valence-electron chi connectivity index (χ2n) is 18.6. The third-order valence-electron chi connectivity index (χ3n) is 15.1. The molecule has 3 heterocycles. The minimum atomic E-state index is -2.82. The van der Waals surface area contributed by atoms with Gasteiger partial charge in [0, 0.05) is 57.5 Å². The number of hydrogen-bond donors (Lipinski definition) is 2. The van der Waals surface area contributed by atoms with E-state index in [9.17, 15) is 19.5 Å². The van der Waals surface area contributed by atoms with Crippen LogP contribution in [0.1, 0.15) is 142 Å². The lowest BCUT2D eigenvalue weighted by molar-refractivity contribution is -0.144. The van der Waals surface area contributed by atoms with E-state index in [-0.39, 0.29) is 54.6 Å². The summed E-state index contributed by atoms with van der Waals surface area (Å²) < 4.78 is 36.3. The lowest BCUT2D eigenvalue weighted by atomic mass is 9.68. The molecular weight excluding hydrogens is 703 g/mol. The van der Waals surface area contributed by atoms with E-state index < -0.39 is 18.6 Å². The zero-order chi connectivity index (χ0) is 38.5. The highest BCUT2D eigenvalue weighted by Crippen LogP contribution is 2.46. The predicted octanol–water partition coefficient (Wildman–Crippen LogP) is 6.87. The molecule has 7 fully saturated rings. The lowest BCUT2D eigenvalue weighted by Crippen LogP contribution is -2.53. The molecule has 7 aliphatic rings. The Kier molecular flexibility index (Phi) is 14.1. The molecule has 0 spiro atoms. The summed E-state index contributed by atoms with van der Waals surface area (Å²) in [4.78, 5) is 43.9. The Bertz CT molecular complexity index is 1350.